The Morgan fingerprint density at radius 1 is 1.18 bits per heavy atom. The molecule has 4 heteroatoms. The number of benzene rings is 1. The molecular weight excluding hydrogens is 224 g/mol. The zero-order chi connectivity index (χ0) is 12.3. The number of hydrogen-bond acceptors (Lipinski definition) is 2. The second-order valence-corrected chi connectivity index (χ2v) is 3.72. The molecule has 1 heterocycles. The molecule has 1 atom stereocenters. The molecule has 0 spiro atoms. The number of aliphatic hydroxyl groups is 1. The quantitative estimate of drug-likeness (QED) is 0.887. The van der Waals surface area contributed by atoms with Crippen molar-refractivity contribution < 1.29 is 13.9 Å². The summed E-state index contributed by atoms with van der Waals surface area (Å²) >= 11 is 0. The fourth-order valence-corrected chi connectivity index (χ4v) is 1.61. The van der Waals surface area contributed by atoms with Gasteiger partial charge in [0.15, 0.2) is 11.6 Å². The molecule has 1 unspecified atom stereocenters. The molecule has 0 radical (unpaired) electrons. The monoisotopic (exact) mass is 235 g/mol. The van der Waals surface area contributed by atoms with Crippen LogP contribution in [0.5, 0.6) is 0 Å². The molecule has 0 saturated carbocycles. The molecule has 0 aliphatic carbocycles. The van der Waals surface area contributed by atoms with Crippen LogP contribution >= 0.6 is 0 Å². The molecule has 1 aromatic heterocycles. The van der Waals surface area contributed by atoms with Crippen molar-refractivity contribution in [1.29, 1.82) is 0 Å². The second-order valence-electron chi connectivity index (χ2n) is 3.72. The highest BCUT2D eigenvalue weighted by Gasteiger charge is 2.13. The Bertz CT molecular complexity index is 502. The van der Waals surface area contributed by atoms with Crippen LogP contribution in [-0.4, -0.2) is 10.1 Å². The number of pyridine rings is 1. The van der Waals surface area contributed by atoms with E-state index < -0.39 is 17.7 Å². The highest BCUT2D eigenvalue weighted by atomic mass is 19.2. The highest BCUT2D eigenvalue weighted by molar-refractivity contribution is 5.22. The summed E-state index contributed by atoms with van der Waals surface area (Å²) in [6, 6.07) is 7.30. The van der Waals surface area contributed by atoms with E-state index in [2.05, 4.69) is 4.98 Å². The summed E-state index contributed by atoms with van der Waals surface area (Å²) in [6.07, 6.45) is 2.22. The van der Waals surface area contributed by atoms with Gasteiger partial charge in [-0.1, -0.05) is 18.2 Å². The first-order valence-electron chi connectivity index (χ1n) is 5.19. The average molecular weight is 235 g/mol. The van der Waals surface area contributed by atoms with Crippen molar-refractivity contribution in [1.82, 2.24) is 4.98 Å². The lowest BCUT2D eigenvalue weighted by molar-refractivity contribution is 0.176. The standard InChI is InChI=1S/C13H11F2NO/c14-11-5-1-3-9(13(11)15)7-12(17)10-4-2-6-16-8-10/h1-6,8,12,17H,7H2. The zero-order valence-electron chi connectivity index (χ0n) is 8.98. The third kappa shape index (κ3) is 2.65. The van der Waals surface area contributed by atoms with Gasteiger partial charge in [0.2, 0.25) is 0 Å². The molecule has 88 valence electrons. The number of rotatable bonds is 3. The summed E-state index contributed by atoms with van der Waals surface area (Å²) < 4.78 is 26.3. The SMILES string of the molecule is OC(Cc1cccc(F)c1F)c1cccnc1. The highest BCUT2D eigenvalue weighted by Crippen LogP contribution is 2.20. The minimum Gasteiger partial charge on any atom is -0.388 e. The number of hydrogen-bond donors (Lipinski definition) is 1. The van der Waals surface area contributed by atoms with Gasteiger partial charge in [0.25, 0.3) is 0 Å². The van der Waals surface area contributed by atoms with E-state index >= 15 is 0 Å². The Hall–Kier alpha value is -1.81. The van der Waals surface area contributed by atoms with Gasteiger partial charge in [0, 0.05) is 18.8 Å². The first kappa shape index (κ1) is 11.7. The molecule has 0 saturated heterocycles. The van der Waals surface area contributed by atoms with Gasteiger partial charge in [-0.25, -0.2) is 8.78 Å². The second kappa shape index (κ2) is 5.01. The van der Waals surface area contributed by atoms with Crippen LogP contribution < -0.4 is 0 Å². The van der Waals surface area contributed by atoms with E-state index in [1.807, 2.05) is 0 Å². The Morgan fingerprint density at radius 3 is 2.71 bits per heavy atom. The van der Waals surface area contributed by atoms with Gasteiger partial charge in [0.1, 0.15) is 0 Å². The van der Waals surface area contributed by atoms with Crippen LogP contribution in [0.4, 0.5) is 8.78 Å². The molecule has 0 bridgehead atoms. The van der Waals surface area contributed by atoms with Gasteiger partial charge < -0.3 is 5.11 Å². The summed E-state index contributed by atoms with van der Waals surface area (Å²) in [5, 5.41) is 9.86. The fraction of sp³-hybridized carbons (Fsp3) is 0.154. The van der Waals surface area contributed by atoms with Crippen LogP contribution in [0.25, 0.3) is 0 Å². The summed E-state index contributed by atoms with van der Waals surface area (Å²) in [6.45, 7) is 0. The number of aromatic nitrogens is 1. The maximum absolute atomic E-state index is 13.4. The zero-order valence-corrected chi connectivity index (χ0v) is 8.98. The van der Waals surface area contributed by atoms with Crippen molar-refractivity contribution >= 4 is 0 Å². The lowest BCUT2D eigenvalue weighted by Crippen LogP contribution is -2.04. The van der Waals surface area contributed by atoms with Crippen molar-refractivity contribution in [2.75, 3.05) is 0 Å². The molecule has 0 fully saturated rings. The minimum absolute atomic E-state index is 0.0231. The van der Waals surface area contributed by atoms with Crippen molar-refractivity contribution in [2.45, 2.75) is 12.5 Å². The Kier molecular flexibility index (Phi) is 3.44. The molecule has 1 aromatic carbocycles. The molecule has 1 N–H and O–H groups in total. The van der Waals surface area contributed by atoms with E-state index in [0.29, 0.717) is 5.56 Å². The predicted molar refractivity (Wildman–Crippen MR) is 59.3 cm³/mol. The molecule has 0 amide bonds. The van der Waals surface area contributed by atoms with E-state index in [0.717, 1.165) is 6.07 Å². The van der Waals surface area contributed by atoms with E-state index in [-0.39, 0.29) is 12.0 Å². The van der Waals surface area contributed by atoms with Gasteiger partial charge >= 0.3 is 0 Å². The largest absolute Gasteiger partial charge is 0.388 e. The van der Waals surface area contributed by atoms with Gasteiger partial charge in [-0.3, -0.25) is 4.98 Å². The van der Waals surface area contributed by atoms with Gasteiger partial charge in [-0.15, -0.1) is 0 Å². The summed E-state index contributed by atoms with van der Waals surface area (Å²) in [5.41, 5.74) is 0.734. The maximum atomic E-state index is 13.4. The van der Waals surface area contributed by atoms with Crippen LogP contribution in [-0.2, 0) is 6.42 Å². The van der Waals surface area contributed by atoms with Crippen molar-refractivity contribution in [3.8, 4) is 0 Å². The summed E-state index contributed by atoms with van der Waals surface area (Å²) in [4.78, 5) is 3.86. The number of halogens is 2. The molecule has 2 rings (SSSR count). The normalized spacial score (nSPS) is 12.4. The van der Waals surface area contributed by atoms with E-state index in [1.54, 1.807) is 18.3 Å². The van der Waals surface area contributed by atoms with Crippen LogP contribution in [0.3, 0.4) is 0 Å². The van der Waals surface area contributed by atoms with E-state index in [4.69, 9.17) is 0 Å². The maximum Gasteiger partial charge on any atom is 0.162 e. The van der Waals surface area contributed by atoms with Crippen LogP contribution in [0.1, 0.15) is 17.2 Å². The van der Waals surface area contributed by atoms with Crippen molar-refractivity contribution in [3.05, 3.63) is 65.5 Å². The first-order valence-corrected chi connectivity index (χ1v) is 5.19. The summed E-state index contributed by atoms with van der Waals surface area (Å²) in [7, 11) is 0. The van der Waals surface area contributed by atoms with Crippen molar-refractivity contribution in [3.63, 3.8) is 0 Å². The topological polar surface area (TPSA) is 33.1 Å². The van der Waals surface area contributed by atoms with Crippen LogP contribution in [0.2, 0.25) is 0 Å². The smallest absolute Gasteiger partial charge is 0.162 e. The van der Waals surface area contributed by atoms with Crippen LogP contribution in [0.15, 0.2) is 42.7 Å². The van der Waals surface area contributed by atoms with E-state index in [9.17, 15) is 13.9 Å². The minimum atomic E-state index is -0.907. The first-order chi connectivity index (χ1) is 8.18. The van der Waals surface area contributed by atoms with Crippen LogP contribution in [0, 0.1) is 11.6 Å². The average Bonchev–Trinajstić information content (AvgIpc) is 2.36. The Labute approximate surface area is 97.6 Å². The molecule has 2 aromatic rings. The Morgan fingerprint density at radius 2 is 2.00 bits per heavy atom. The Balaban J connectivity index is 2.19. The van der Waals surface area contributed by atoms with E-state index in [1.165, 1.54) is 18.3 Å². The van der Waals surface area contributed by atoms with Gasteiger partial charge in [-0.05, 0) is 23.3 Å². The lowest BCUT2D eigenvalue weighted by atomic mass is 10.0. The number of nitrogens with zero attached hydrogens (tertiary/aromatic N) is 1. The number of aliphatic hydroxyl groups excluding tert-OH is 1. The third-order valence-corrected chi connectivity index (χ3v) is 2.51. The van der Waals surface area contributed by atoms with Gasteiger partial charge in [-0.2, -0.15) is 0 Å². The molecule has 17 heavy (non-hydrogen) atoms. The fourth-order valence-electron chi connectivity index (χ4n) is 1.61. The molecule has 0 aliphatic heterocycles. The van der Waals surface area contributed by atoms with Crippen molar-refractivity contribution in [2.24, 2.45) is 0 Å². The third-order valence-electron chi connectivity index (χ3n) is 2.51. The summed E-state index contributed by atoms with van der Waals surface area (Å²) in [5.74, 6) is -1.81. The molecule has 2 nitrogen and oxygen atoms in total. The predicted octanol–water partition coefficient (Wildman–Crippen LogP) is 2.64. The molecule has 0 aliphatic rings. The molecular formula is C13H11F2NO. The lowest BCUT2D eigenvalue weighted by Gasteiger charge is -2.11. The van der Waals surface area contributed by atoms with Gasteiger partial charge in [0.05, 0.1) is 6.10 Å².